The second-order valence-corrected chi connectivity index (χ2v) is 8.02. The van der Waals surface area contributed by atoms with Crippen molar-refractivity contribution in [3.05, 3.63) is 60.2 Å². The number of hydrogen-bond acceptors (Lipinski definition) is 4. The molecule has 24 heavy (non-hydrogen) atoms. The van der Waals surface area contributed by atoms with E-state index in [1.807, 2.05) is 54.6 Å². The van der Waals surface area contributed by atoms with Gasteiger partial charge in [0.15, 0.2) is 9.84 Å². The molecule has 2 aromatic carbocycles. The molecule has 0 saturated heterocycles. The van der Waals surface area contributed by atoms with Crippen LogP contribution in [0.15, 0.2) is 54.6 Å². The predicted molar refractivity (Wildman–Crippen MR) is 93.8 cm³/mol. The summed E-state index contributed by atoms with van der Waals surface area (Å²) >= 11 is 0. The van der Waals surface area contributed by atoms with Crippen LogP contribution in [0.3, 0.4) is 0 Å². The van der Waals surface area contributed by atoms with Crippen molar-refractivity contribution in [1.29, 1.82) is 0 Å². The normalized spacial score (nSPS) is 13.8. The lowest BCUT2D eigenvalue weighted by atomic mass is 10.1. The molecule has 0 saturated carbocycles. The highest BCUT2D eigenvalue weighted by atomic mass is 32.2. The Morgan fingerprint density at radius 3 is 2.21 bits per heavy atom. The number of benzene rings is 2. The first-order valence-corrected chi connectivity index (χ1v) is 9.55. The Morgan fingerprint density at radius 1 is 1.00 bits per heavy atom. The van der Waals surface area contributed by atoms with Crippen LogP contribution in [-0.4, -0.2) is 25.8 Å². The van der Waals surface area contributed by atoms with Crippen molar-refractivity contribution in [3.63, 3.8) is 0 Å². The molecule has 0 spiro atoms. The second-order valence-electron chi connectivity index (χ2n) is 5.65. The highest BCUT2D eigenvalue weighted by molar-refractivity contribution is 7.92. The van der Waals surface area contributed by atoms with Crippen molar-refractivity contribution in [3.8, 4) is 11.5 Å². The number of amides is 1. The van der Waals surface area contributed by atoms with E-state index < -0.39 is 21.0 Å². The average Bonchev–Trinajstić information content (AvgIpc) is 2.54. The summed E-state index contributed by atoms with van der Waals surface area (Å²) in [4.78, 5) is 12.1. The summed E-state index contributed by atoms with van der Waals surface area (Å²) in [5.74, 6) is 0.774. The van der Waals surface area contributed by atoms with E-state index in [2.05, 4.69) is 5.32 Å². The molecule has 2 atom stereocenters. The van der Waals surface area contributed by atoms with Gasteiger partial charge in [0.05, 0.1) is 6.04 Å². The maximum atomic E-state index is 12.1. The van der Waals surface area contributed by atoms with E-state index in [1.165, 1.54) is 6.92 Å². The molecule has 0 unspecified atom stereocenters. The number of sulfone groups is 1. The molecule has 5 nitrogen and oxygen atoms in total. The van der Waals surface area contributed by atoms with Crippen molar-refractivity contribution in [2.45, 2.75) is 25.1 Å². The van der Waals surface area contributed by atoms with Crippen LogP contribution >= 0.6 is 0 Å². The summed E-state index contributed by atoms with van der Waals surface area (Å²) in [5.41, 5.74) is 0.774. The number of nitrogens with one attached hydrogen (secondary N) is 1. The zero-order valence-electron chi connectivity index (χ0n) is 13.9. The summed E-state index contributed by atoms with van der Waals surface area (Å²) in [6.07, 6.45) is 1.05. The predicted octanol–water partition coefficient (Wildman–Crippen LogP) is 3.09. The van der Waals surface area contributed by atoms with E-state index in [1.54, 1.807) is 6.92 Å². The summed E-state index contributed by atoms with van der Waals surface area (Å²) in [6.45, 7) is 3.17. The minimum atomic E-state index is -3.43. The largest absolute Gasteiger partial charge is 0.457 e. The van der Waals surface area contributed by atoms with Crippen molar-refractivity contribution in [1.82, 2.24) is 5.32 Å². The van der Waals surface area contributed by atoms with Crippen LogP contribution in [0.5, 0.6) is 11.5 Å². The van der Waals surface area contributed by atoms with Crippen molar-refractivity contribution in [2.75, 3.05) is 6.26 Å². The van der Waals surface area contributed by atoms with Gasteiger partial charge in [-0.3, -0.25) is 4.79 Å². The van der Waals surface area contributed by atoms with Gasteiger partial charge in [-0.25, -0.2) is 8.42 Å². The van der Waals surface area contributed by atoms with Crippen LogP contribution < -0.4 is 10.1 Å². The molecule has 2 rings (SSSR count). The summed E-state index contributed by atoms with van der Waals surface area (Å²) in [6, 6.07) is 16.3. The lowest BCUT2D eigenvalue weighted by Gasteiger charge is -2.20. The first kappa shape index (κ1) is 18.0. The fourth-order valence-electron chi connectivity index (χ4n) is 2.15. The molecule has 128 valence electrons. The van der Waals surface area contributed by atoms with Crippen molar-refractivity contribution >= 4 is 15.7 Å². The maximum Gasteiger partial charge on any atom is 0.238 e. The molecule has 1 amide bonds. The summed E-state index contributed by atoms with van der Waals surface area (Å²) < 4.78 is 28.9. The fourth-order valence-corrected chi connectivity index (χ4v) is 2.61. The van der Waals surface area contributed by atoms with Gasteiger partial charge in [0.1, 0.15) is 16.7 Å². The van der Waals surface area contributed by atoms with Crippen molar-refractivity contribution < 1.29 is 17.9 Å². The Hall–Kier alpha value is -2.34. The van der Waals surface area contributed by atoms with Crippen LogP contribution in [0.25, 0.3) is 0 Å². The molecule has 0 radical (unpaired) electrons. The second kappa shape index (κ2) is 7.49. The molecule has 0 bridgehead atoms. The Morgan fingerprint density at radius 2 is 1.58 bits per heavy atom. The Kier molecular flexibility index (Phi) is 5.62. The first-order valence-electron chi connectivity index (χ1n) is 7.60. The highest BCUT2D eigenvalue weighted by Gasteiger charge is 2.25. The monoisotopic (exact) mass is 347 g/mol. The molecule has 6 heteroatoms. The van der Waals surface area contributed by atoms with Gasteiger partial charge in [0.2, 0.25) is 5.91 Å². The molecule has 0 aliphatic carbocycles. The molecule has 0 aliphatic rings. The molecule has 2 aromatic rings. The summed E-state index contributed by atoms with van der Waals surface area (Å²) in [5, 5.41) is 1.64. The Labute approximate surface area is 142 Å². The molecule has 0 heterocycles. The number of ether oxygens (including phenoxy) is 1. The third kappa shape index (κ3) is 4.58. The minimum Gasteiger partial charge on any atom is -0.457 e. The molecule has 0 aliphatic heterocycles. The lowest BCUT2D eigenvalue weighted by Crippen LogP contribution is -2.38. The zero-order valence-corrected chi connectivity index (χ0v) is 14.7. The minimum absolute atomic E-state index is 0.387. The van der Waals surface area contributed by atoms with E-state index >= 15 is 0 Å². The maximum absolute atomic E-state index is 12.1. The van der Waals surface area contributed by atoms with Crippen LogP contribution in [0.2, 0.25) is 0 Å². The van der Waals surface area contributed by atoms with Gasteiger partial charge in [-0.2, -0.15) is 0 Å². The van der Waals surface area contributed by atoms with Gasteiger partial charge < -0.3 is 10.1 Å². The van der Waals surface area contributed by atoms with Crippen LogP contribution in [-0.2, 0) is 14.6 Å². The molecule has 1 N–H and O–H groups in total. The standard InChI is InChI=1S/C18H21NO4S/c1-13(19-18(20)14(2)24(3,21)22)16-11-7-8-12-17(16)23-15-9-5-4-6-10-15/h4-14H,1-3H3,(H,19,20)/t13-,14-/m1/s1. The van der Waals surface area contributed by atoms with Gasteiger partial charge in [-0.05, 0) is 32.0 Å². The molecule has 0 fully saturated rings. The molecular formula is C18H21NO4S. The lowest BCUT2D eigenvalue weighted by molar-refractivity contribution is -0.121. The topological polar surface area (TPSA) is 72.5 Å². The quantitative estimate of drug-likeness (QED) is 0.871. The Balaban J connectivity index is 2.18. The van der Waals surface area contributed by atoms with Crippen LogP contribution in [0.4, 0.5) is 0 Å². The number of hydrogen-bond donors (Lipinski definition) is 1. The van der Waals surface area contributed by atoms with Crippen LogP contribution in [0.1, 0.15) is 25.5 Å². The molecule has 0 aromatic heterocycles. The van der Waals surface area contributed by atoms with E-state index in [0.29, 0.717) is 11.5 Å². The van der Waals surface area contributed by atoms with Gasteiger partial charge in [0, 0.05) is 11.8 Å². The highest BCUT2D eigenvalue weighted by Crippen LogP contribution is 2.29. The third-order valence-electron chi connectivity index (χ3n) is 3.73. The average molecular weight is 347 g/mol. The number of rotatable bonds is 6. The van der Waals surface area contributed by atoms with E-state index in [-0.39, 0.29) is 6.04 Å². The number of para-hydroxylation sites is 2. The first-order chi connectivity index (χ1) is 11.3. The number of carbonyl (C=O) groups excluding carboxylic acids is 1. The van der Waals surface area contributed by atoms with E-state index in [0.717, 1.165) is 11.8 Å². The molecular weight excluding hydrogens is 326 g/mol. The zero-order chi connectivity index (χ0) is 17.7. The number of carbonyl (C=O) groups is 1. The van der Waals surface area contributed by atoms with Gasteiger partial charge in [-0.15, -0.1) is 0 Å². The van der Waals surface area contributed by atoms with Gasteiger partial charge >= 0.3 is 0 Å². The third-order valence-corrected chi connectivity index (χ3v) is 5.23. The van der Waals surface area contributed by atoms with Crippen molar-refractivity contribution in [2.24, 2.45) is 0 Å². The van der Waals surface area contributed by atoms with E-state index in [9.17, 15) is 13.2 Å². The van der Waals surface area contributed by atoms with Gasteiger partial charge in [0.25, 0.3) is 0 Å². The summed E-state index contributed by atoms with van der Waals surface area (Å²) in [7, 11) is -3.43. The van der Waals surface area contributed by atoms with Gasteiger partial charge in [-0.1, -0.05) is 36.4 Å². The fraction of sp³-hybridized carbons (Fsp3) is 0.278. The van der Waals surface area contributed by atoms with E-state index in [4.69, 9.17) is 4.74 Å². The smallest absolute Gasteiger partial charge is 0.238 e. The SMILES string of the molecule is C[C@H](C(=O)N[C@H](C)c1ccccc1Oc1ccccc1)S(C)(=O)=O. The van der Waals surface area contributed by atoms with Crippen LogP contribution in [0, 0.1) is 0 Å². The Bertz CT molecular complexity index is 803.